The largest absolute Gasteiger partial charge is 0.491 e. The Morgan fingerprint density at radius 3 is 2.79 bits per heavy atom. The van der Waals surface area contributed by atoms with E-state index in [1.54, 1.807) is 4.68 Å². The molecule has 1 unspecified atom stereocenters. The Balaban J connectivity index is 1.63. The van der Waals surface area contributed by atoms with Crippen LogP contribution < -0.4 is 10.1 Å². The molecule has 102 valence electrons. The molecule has 2 N–H and O–H groups in total. The summed E-state index contributed by atoms with van der Waals surface area (Å²) < 4.78 is 7.22. The maximum atomic E-state index is 9.78. The molecule has 0 saturated carbocycles. The van der Waals surface area contributed by atoms with Gasteiger partial charge in [-0.2, -0.15) is 5.10 Å². The molecule has 0 spiro atoms. The predicted molar refractivity (Wildman–Crippen MR) is 72.9 cm³/mol. The fraction of sp³-hybridized carbons (Fsp3) is 0.357. The van der Waals surface area contributed by atoms with Gasteiger partial charge in [0.15, 0.2) is 0 Å². The number of aryl methyl sites for hydroxylation is 1. The summed E-state index contributed by atoms with van der Waals surface area (Å²) >= 11 is 0. The number of nitrogens with zero attached hydrogens (tertiary/aromatic N) is 2. The first kappa shape index (κ1) is 13.6. The molecular weight excluding hydrogens is 242 g/mol. The van der Waals surface area contributed by atoms with Gasteiger partial charge in [0.25, 0.3) is 0 Å². The Hall–Kier alpha value is -1.85. The number of benzene rings is 1. The van der Waals surface area contributed by atoms with Gasteiger partial charge in [-0.1, -0.05) is 18.2 Å². The topological polar surface area (TPSA) is 59.3 Å². The van der Waals surface area contributed by atoms with Crippen molar-refractivity contribution in [3.05, 3.63) is 48.3 Å². The van der Waals surface area contributed by atoms with Gasteiger partial charge < -0.3 is 15.2 Å². The summed E-state index contributed by atoms with van der Waals surface area (Å²) in [6.45, 7) is 1.39. The SMILES string of the molecule is Cn1ccc(CNCC(O)COc2ccccc2)n1. The van der Waals surface area contributed by atoms with E-state index in [1.165, 1.54) is 0 Å². The van der Waals surface area contributed by atoms with Crippen molar-refractivity contribution in [2.75, 3.05) is 13.2 Å². The smallest absolute Gasteiger partial charge is 0.119 e. The summed E-state index contributed by atoms with van der Waals surface area (Å²) in [5.74, 6) is 0.770. The molecule has 2 aromatic rings. The van der Waals surface area contributed by atoms with E-state index in [2.05, 4.69) is 10.4 Å². The molecule has 5 nitrogen and oxygen atoms in total. The lowest BCUT2D eigenvalue weighted by Crippen LogP contribution is -2.31. The highest BCUT2D eigenvalue weighted by Crippen LogP contribution is 2.08. The summed E-state index contributed by atoms with van der Waals surface area (Å²) in [7, 11) is 1.88. The van der Waals surface area contributed by atoms with Gasteiger partial charge in [0, 0.05) is 26.3 Å². The average molecular weight is 261 g/mol. The van der Waals surface area contributed by atoms with E-state index >= 15 is 0 Å². The van der Waals surface area contributed by atoms with Crippen LogP contribution in [0.1, 0.15) is 5.69 Å². The van der Waals surface area contributed by atoms with Crippen molar-refractivity contribution in [1.82, 2.24) is 15.1 Å². The zero-order valence-electron chi connectivity index (χ0n) is 11.0. The molecule has 1 atom stereocenters. The van der Waals surface area contributed by atoms with Crippen LogP contribution in [0, 0.1) is 0 Å². The van der Waals surface area contributed by atoms with E-state index in [4.69, 9.17) is 4.74 Å². The summed E-state index contributed by atoms with van der Waals surface area (Å²) in [5, 5.41) is 17.2. The molecule has 0 bridgehead atoms. The second kappa shape index (κ2) is 6.92. The lowest BCUT2D eigenvalue weighted by molar-refractivity contribution is 0.106. The third kappa shape index (κ3) is 4.73. The molecule has 0 aliphatic carbocycles. The number of rotatable bonds is 7. The summed E-state index contributed by atoms with van der Waals surface area (Å²) in [4.78, 5) is 0. The lowest BCUT2D eigenvalue weighted by atomic mass is 10.3. The minimum atomic E-state index is -0.538. The minimum Gasteiger partial charge on any atom is -0.491 e. The molecule has 1 heterocycles. The van der Waals surface area contributed by atoms with Crippen molar-refractivity contribution in [2.24, 2.45) is 7.05 Å². The van der Waals surface area contributed by atoms with Crippen LogP contribution in [0.15, 0.2) is 42.6 Å². The Labute approximate surface area is 112 Å². The highest BCUT2D eigenvalue weighted by atomic mass is 16.5. The van der Waals surface area contributed by atoms with Crippen molar-refractivity contribution in [3.63, 3.8) is 0 Å². The van der Waals surface area contributed by atoms with Crippen LogP contribution in [0.3, 0.4) is 0 Å². The molecular formula is C14H19N3O2. The third-order valence-electron chi connectivity index (χ3n) is 2.64. The fourth-order valence-corrected chi connectivity index (χ4v) is 1.69. The second-order valence-electron chi connectivity index (χ2n) is 4.39. The highest BCUT2D eigenvalue weighted by molar-refractivity contribution is 5.20. The summed E-state index contributed by atoms with van der Waals surface area (Å²) in [6.07, 6.45) is 1.36. The fourth-order valence-electron chi connectivity index (χ4n) is 1.69. The molecule has 0 saturated heterocycles. The monoisotopic (exact) mass is 261 g/mol. The minimum absolute atomic E-state index is 0.277. The van der Waals surface area contributed by atoms with Gasteiger partial charge in [0.05, 0.1) is 5.69 Å². The number of nitrogens with one attached hydrogen (secondary N) is 1. The van der Waals surface area contributed by atoms with Crippen molar-refractivity contribution in [2.45, 2.75) is 12.6 Å². The van der Waals surface area contributed by atoms with Crippen LogP contribution in [-0.4, -0.2) is 34.1 Å². The van der Waals surface area contributed by atoms with Crippen LogP contribution in [-0.2, 0) is 13.6 Å². The van der Waals surface area contributed by atoms with Gasteiger partial charge in [-0.05, 0) is 18.2 Å². The quantitative estimate of drug-likeness (QED) is 0.779. The van der Waals surface area contributed by atoms with E-state index in [0.717, 1.165) is 11.4 Å². The zero-order chi connectivity index (χ0) is 13.5. The zero-order valence-corrected chi connectivity index (χ0v) is 11.0. The van der Waals surface area contributed by atoms with E-state index in [9.17, 15) is 5.11 Å². The first-order valence-corrected chi connectivity index (χ1v) is 6.29. The van der Waals surface area contributed by atoms with Gasteiger partial charge in [-0.3, -0.25) is 4.68 Å². The van der Waals surface area contributed by atoms with Crippen LogP contribution in [0.2, 0.25) is 0 Å². The molecule has 0 radical (unpaired) electrons. The van der Waals surface area contributed by atoms with Crippen LogP contribution >= 0.6 is 0 Å². The number of hydrogen-bond donors (Lipinski definition) is 2. The number of para-hydroxylation sites is 1. The standard InChI is InChI=1S/C14H19N3O2/c1-17-8-7-12(16-17)9-15-10-13(18)11-19-14-5-3-2-4-6-14/h2-8,13,15,18H,9-11H2,1H3. The first-order chi connectivity index (χ1) is 9.24. The highest BCUT2D eigenvalue weighted by Gasteiger charge is 2.05. The van der Waals surface area contributed by atoms with Crippen molar-refractivity contribution >= 4 is 0 Å². The Bertz CT molecular complexity index is 484. The van der Waals surface area contributed by atoms with Gasteiger partial charge in [0.2, 0.25) is 0 Å². The maximum Gasteiger partial charge on any atom is 0.119 e. The number of aromatic nitrogens is 2. The summed E-state index contributed by atoms with van der Waals surface area (Å²) in [5.41, 5.74) is 0.957. The lowest BCUT2D eigenvalue weighted by Gasteiger charge is -2.12. The van der Waals surface area contributed by atoms with Gasteiger partial charge >= 0.3 is 0 Å². The molecule has 2 rings (SSSR count). The normalized spacial score (nSPS) is 12.3. The van der Waals surface area contributed by atoms with E-state index in [1.807, 2.05) is 49.6 Å². The van der Waals surface area contributed by atoms with Crippen LogP contribution in [0.5, 0.6) is 5.75 Å². The molecule has 5 heteroatoms. The van der Waals surface area contributed by atoms with Gasteiger partial charge in [-0.25, -0.2) is 0 Å². The number of aliphatic hydroxyl groups is 1. The molecule has 1 aromatic carbocycles. The average Bonchev–Trinajstić information content (AvgIpc) is 2.83. The van der Waals surface area contributed by atoms with Crippen LogP contribution in [0.25, 0.3) is 0 Å². The third-order valence-corrected chi connectivity index (χ3v) is 2.64. The molecule has 0 aliphatic heterocycles. The van der Waals surface area contributed by atoms with Crippen molar-refractivity contribution < 1.29 is 9.84 Å². The Morgan fingerprint density at radius 1 is 1.32 bits per heavy atom. The van der Waals surface area contributed by atoms with Gasteiger partial charge in [-0.15, -0.1) is 0 Å². The number of aliphatic hydroxyl groups excluding tert-OH is 1. The van der Waals surface area contributed by atoms with Crippen molar-refractivity contribution in [1.29, 1.82) is 0 Å². The molecule has 19 heavy (non-hydrogen) atoms. The Morgan fingerprint density at radius 2 is 2.11 bits per heavy atom. The second-order valence-corrected chi connectivity index (χ2v) is 4.39. The van der Waals surface area contributed by atoms with E-state index in [-0.39, 0.29) is 6.61 Å². The molecule has 0 fully saturated rings. The van der Waals surface area contributed by atoms with Gasteiger partial charge in [0.1, 0.15) is 18.5 Å². The Kier molecular flexibility index (Phi) is 4.94. The number of ether oxygens (including phenoxy) is 1. The van der Waals surface area contributed by atoms with Crippen LogP contribution in [0.4, 0.5) is 0 Å². The summed E-state index contributed by atoms with van der Waals surface area (Å²) in [6, 6.07) is 11.4. The maximum absolute atomic E-state index is 9.78. The first-order valence-electron chi connectivity index (χ1n) is 6.29. The predicted octanol–water partition coefficient (Wildman–Crippen LogP) is 0.950. The van der Waals surface area contributed by atoms with Crippen molar-refractivity contribution in [3.8, 4) is 5.75 Å². The molecule has 0 amide bonds. The van der Waals surface area contributed by atoms with E-state index in [0.29, 0.717) is 13.1 Å². The molecule has 1 aromatic heterocycles. The van der Waals surface area contributed by atoms with E-state index < -0.39 is 6.10 Å². The molecule has 0 aliphatic rings. The number of hydrogen-bond acceptors (Lipinski definition) is 4.